The van der Waals surface area contributed by atoms with Crippen molar-refractivity contribution in [2.75, 3.05) is 34.3 Å². The molecular formula is C17H24F2N2O3S. The van der Waals surface area contributed by atoms with Gasteiger partial charge < -0.3 is 9.64 Å². The maximum atomic E-state index is 14.0. The lowest BCUT2D eigenvalue weighted by Crippen LogP contribution is -2.47. The van der Waals surface area contributed by atoms with Crippen LogP contribution in [0.5, 0.6) is 0 Å². The number of sulfonamides is 1. The lowest BCUT2D eigenvalue weighted by Gasteiger charge is -2.40. The number of halogens is 2. The molecule has 5 nitrogen and oxygen atoms in total. The Labute approximate surface area is 147 Å². The largest absolute Gasteiger partial charge is 0.380 e. The number of hydrogen-bond donors (Lipinski definition) is 0. The van der Waals surface area contributed by atoms with Gasteiger partial charge in [0.2, 0.25) is 10.0 Å². The summed E-state index contributed by atoms with van der Waals surface area (Å²) in [4.78, 5) is 1.25. The Hall–Kier alpha value is -1.09. The molecule has 1 heterocycles. The highest BCUT2D eigenvalue weighted by Crippen LogP contribution is 2.41. The molecule has 8 heteroatoms. The van der Waals surface area contributed by atoms with Gasteiger partial charge in [0.05, 0.1) is 6.10 Å². The van der Waals surface area contributed by atoms with Crippen molar-refractivity contribution in [2.45, 2.75) is 29.9 Å². The number of methoxy groups -OCH3 is 1. The van der Waals surface area contributed by atoms with Crippen LogP contribution in [0, 0.1) is 23.5 Å². The summed E-state index contributed by atoms with van der Waals surface area (Å²) in [6.45, 7) is 0.572. The van der Waals surface area contributed by atoms with E-state index in [0.29, 0.717) is 6.54 Å². The van der Waals surface area contributed by atoms with Gasteiger partial charge in [0.1, 0.15) is 11.6 Å². The lowest BCUT2D eigenvalue weighted by molar-refractivity contribution is -0.0209. The molecule has 0 amide bonds. The number of fused-ring (bicyclic) bond motifs is 1. The summed E-state index contributed by atoms with van der Waals surface area (Å²) in [5.41, 5.74) is 0. The molecule has 2 fully saturated rings. The fraction of sp³-hybridized carbons (Fsp3) is 0.647. The van der Waals surface area contributed by atoms with Gasteiger partial charge >= 0.3 is 0 Å². The molecule has 0 unspecified atom stereocenters. The summed E-state index contributed by atoms with van der Waals surface area (Å²) in [7, 11) is 1.44. The average molecular weight is 374 g/mol. The first-order valence-electron chi connectivity index (χ1n) is 8.39. The van der Waals surface area contributed by atoms with Crippen molar-refractivity contribution in [3.8, 4) is 0 Å². The van der Waals surface area contributed by atoms with E-state index in [0.717, 1.165) is 31.0 Å². The minimum absolute atomic E-state index is 0.0316. The van der Waals surface area contributed by atoms with E-state index in [9.17, 15) is 17.2 Å². The summed E-state index contributed by atoms with van der Waals surface area (Å²) >= 11 is 0. The molecule has 1 aliphatic carbocycles. The predicted octanol–water partition coefficient (Wildman–Crippen LogP) is 1.94. The van der Waals surface area contributed by atoms with Crippen LogP contribution in [0.1, 0.15) is 12.8 Å². The molecule has 140 valence electrons. The molecule has 0 bridgehead atoms. The first-order valence-corrected chi connectivity index (χ1v) is 9.83. The van der Waals surface area contributed by atoms with Crippen molar-refractivity contribution in [3.05, 3.63) is 29.8 Å². The van der Waals surface area contributed by atoms with Crippen LogP contribution in [-0.4, -0.2) is 64.1 Å². The molecular weight excluding hydrogens is 350 g/mol. The zero-order valence-electron chi connectivity index (χ0n) is 14.7. The number of hydrogen-bond acceptors (Lipinski definition) is 4. The summed E-state index contributed by atoms with van der Waals surface area (Å²) < 4.78 is 60.4. The second kappa shape index (κ2) is 6.90. The van der Waals surface area contributed by atoms with E-state index >= 15 is 0 Å². The Morgan fingerprint density at radius 3 is 2.20 bits per heavy atom. The Kier molecular flexibility index (Phi) is 5.16. The van der Waals surface area contributed by atoms with Crippen LogP contribution in [0.4, 0.5) is 8.78 Å². The van der Waals surface area contributed by atoms with Crippen LogP contribution < -0.4 is 0 Å². The van der Waals surface area contributed by atoms with Crippen LogP contribution >= 0.6 is 0 Å². The monoisotopic (exact) mass is 374 g/mol. The van der Waals surface area contributed by atoms with Gasteiger partial charge in [-0.1, -0.05) is 6.07 Å². The summed E-state index contributed by atoms with van der Waals surface area (Å²) in [5, 5.41) is 0. The first kappa shape index (κ1) is 18.7. The van der Waals surface area contributed by atoms with E-state index in [4.69, 9.17) is 4.74 Å². The third kappa shape index (κ3) is 3.32. The van der Waals surface area contributed by atoms with Gasteiger partial charge in [0.15, 0.2) is 4.90 Å². The highest BCUT2D eigenvalue weighted by Gasteiger charge is 2.47. The van der Waals surface area contributed by atoms with Gasteiger partial charge in [0, 0.05) is 26.2 Å². The highest BCUT2D eigenvalue weighted by atomic mass is 32.2. The highest BCUT2D eigenvalue weighted by molar-refractivity contribution is 7.89. The third-order valence-corrected chi connectivity index (χ3v) is 7.42. The van der Waals surface area contributed by atoms with E-state index in [1.165, 1.54) is 4.31 Å². The van der Waals surface area contributed by atoms with Crippen molar-refractivity contribution in [1.82, 2.24) is 9.21 Å². The topological polar surface area (TPSA) is 49.9 Å². The van der Waals surface area contributed by atoms with Gasteiger partial charge in [0.25, 0.3) is 0 Å². The molecule has 0 aromatic heterocycles. The molecule has 1 saturated carbocycles. The minimum atomic E-state index is -4.19. The Morgan fingerprint density at radius 2 is 1.68 bits per heavy atom. The van der Waals surface area contributed by atoms with Crippen molar-refractivity contribution in [3.63, 3.8) is 0 Å². The van der Waals surface area contributed by atoms with Crippen molar-refractivity contribution in [2.24, 2.45) is 11.8 Å². The minimum Gasteiger partial charge on any atom is -0.380 e. The average Bonchev–Trinajstić information content (AvgIpc) is 2.96. The number of benzene rings is 1. The second-order valence-electron chi connectivity index (χ2n) is 7.17. The Bertz CT molecular complexity index is 721. The molecule has 0 spiro atoms. The summed E-state index contributed by atoms with van der Waals surface area (Å²) in [6.07, 6.45) is 1.58. The smallest absolute Gasteiger partial charge is 0.248 e. The van der Waals surface area contributed by atoms with E-state index in [1.807, 2.05) is 14.1 Å². The van der Waals surface area contributed by atoms with E-state index < -0.39 is 26.6 Å². The van der Waals surface area contributed by atoms with Crippen molar-refractivity contribution < 1.29 is 21.9 Å². The molecule has 1 aromatic rings. The Morgan fingerprint density at radius 1 is 1.12 bits per heavy atom. The molecule has 3 rings (SSSR count). The number of ether oxygens (including phenoxy) is 1. The van der Waals surface area contributed by atoms with E-state index in [-0.39, 0.29) is 30.5 Å². The Balaban J connectivity index is 1.85. The molecule has 25 heavy (non-hydrogen) atoms. The molecule has 0 radical (unpaired) electrons. The zero-order valence-corrected chi connectivity index (χ0v) is 15.5. The van der Waals surface area contributed by atoms with Gasteiger partial charge in [-0.3, -0.25) is 0 Å². The predicted molar refractivity (Wildman–Crippen MR) is 89.6 cm³/mol. The van der Waals surface area contributed by atoms with Gasteiger partial charge in [-0.15, -0.1) is 0 Å². The van der Waals surface area contributed by atoms with Crippen LogP contribution in [0.3, 0.4) is 0 Å². The number of rotatable bonds is 4. The van der Waals surface area contributed by atoms with E-state index in [2.05, 4.69) is 4.90 Å². The van der Waals surface area contributed by atoms with Crippen LogP contribution in [0.25, 0.3) is 0 Å². The maximum absolute atomic E-state index is 14.0. The van der Waals surface area contributed by atoms with Crippen LogP contribution in [-0.2, 0) is 14.8 Å². The molecule has 2 aliphatic rings. The summed E-state index contributed by atoms with van der Waals surface area (Å²) in [6, 6.07) is 3.32. The van der Waals surface area contributed by atoms with Crippen molar-refractivity contribution >= 4 is 10.0 Å². The fourth-order valence-corrected chi connectivity index (χ4v) is 5.86. The number of nitrogens with zero attached hydrogens (tertiary/aromatic N) is 2. The second-order valence-corrected chi connectivity index (χ2v) is 9.04. The molecule has 0 N–H and O–H groups in total. The molecule has 1 aliphatic heterocycles. The van der Waals surface area contributed by atoms with Gasteiger partial charge in [-0.05, 0) is 50.9 Å². The number of likely N-dealkylation sites (N-methyl/N-ethyl adjacent to an activating group) is 1. The zero-order chi connectivity index (χ0) is 18.4. The normalized spacial score (nSPS) is 30.6. The van der Waals surface area contributed by atoms with E-state index in [1.54, 1.807) is 7.11 Å². The van der Waals surface area contributed by atoms with Gasteiger partial charge in [-0.25, -0.2) is 17.2 Å². The molecule has 4 atom stereocenters. The lowest BCUT2D eigenvalue weighted by atomic mass is 9.77. The summed E-state index contributed by atoms with van der Waals surface area (Å²) in [5.74, 6) is -1.78. The van der Waals surface area contributed by atoms with Gasteiger partial charge in [-0.2, -0.15) is 4.31 Å². The maximum Gasteiger partial charge on any atom is 0.248 e. The third-order valence-electron chi connectivity index (χ3n) is 5.53. The first-order chi connectivity index (χ1) is 11.8. The molecule has 1 aromatic carbocycles. The fourth-order valence-electron chi connectivity index (χ4n) is 4.20. The van der Waals surface area contributed by atoms with Crippen molar-refractivity contribution in [1.29, 1.82) is 0 Å². The SMILES string of the molecule is CO[C@@H]1C[C@H]2CN(S(=O)(=O)c3c(F)cccc3F)C[C@H]2C[C@H]1N(C)C. The standard InChI is InChI=1S/C17H24F2N2O3S/c1-20(2)15-7-11-9-21(10-12(11)8-16(15)24-3)25(22,23)17-13(18)5-4-6-14(17)19/h4-6,11-12,15-16H,7-10H2,1-3H3/t11-,12+,15-,16-/m1/s1. The molecule has 1 saturated heterocycles. The van der Waals surface area contributed by atoms with Crippen LogP contribution in [0.2, 0.25) is 0 Å². The van der Waals surface area contributed by atoms with Crippen LogP contribution in [0.15, 0.2) is 23.1 Å². The quantitative estimate of drug-likeness (QED) is 0.808.